The number of ether oxygens (including phenoxy) is 2. The summed E-state index contributed by atoms with van der Waals surface area (Å²) in [7, 11) is 0. The predicted octanol–water partition coefficient (Wildman–Crippen LogP) is 2.13. The van der Waals surface area contributed by atoms with Crippen molar-refractivity contribution in [1.29, 1.82) is 0 Å². The molecule has 0 N–H and O–H groups in total. The van der Waals surface area contributed by atoms with Gasteiger partial charge in [-0.15, -0.1) is 0 Å². The SMILES string of the molecule is C[C@H]1CC[C@@]2(C[C@]3(CC[C@H](C)O3)OO2)O1. The summed E-state index contributed by atoms with van der Waals surface area (Å²) in [6.07, 6.45) is 5.14. The van der Waals surface area contributed by atoms with Crippen LogP contribution in [-0.2, 0) is 19.2 Å². The van der Waals surface area contributed by atoms with E-state index in [1.54, 1.807) is 0 Å². The molecule has 0 saturated carbocycles. The lowest BCUT2D eigenvalue weighted by atomic mass is 10.0. The first-order valence-corrected chi connectivity index (χ1v) is 5.84. The van der Waals surface area contributed by atoms with E-state index in [1.807, 2.05) is 0 Å². The van der Waals surface area contributed by atoms with Crippen molar-refractivity contribution in [2.24, 2.45) is 0 Å². The van der Waals surface area contributed by atoms with E-state index in [1.165, 1.54) is 0 Å². The summed E-state index contributed by atoms with van der Waals surface area (Å²) < 4.78 is 11.6. The Kier molecular flexibility index (Phi) is 2.12. The third kappa shape index (κ3) is 1.60. The van der Waals surface area contributed by atoms with Gasteiger partial charge in [-0.2, -0.15) is 9.78 Å². The van der Waals surface area contributed by atoms with Crippen LogP contribution in [0.3, 0.4) is 0 Å². The highest BCUT2D eigenvalue weighted by Gasteiger charge is 2.58. The van der Waals surface area contributed by atoms with E-state index in [0.29, 0.717) is 6.42 Å². The number of hydrogen-bond acceptors (Lipinski definition) is 4. The van der Waals surface area contributed by atoms with Gasteiger partial charge in [-0.3, -0.25) is 0 Å². The van der Waals surface area contributed by atoms with Gasteiger partial charge in [0.1, 0.15) is 0 Å². The van der Waals surface area contributed by atoms with Crippen molar-refractivity contribution in [1.82, 2.24) is 0 Å². The molecule has 0 aliphatic carbocycles. The highest BCUT2D eigenvalue weighted by molar-refractivity contribution is 4.91. The molecule has 3 saturated heterocycles. The first-order valence-electron chi connectivity index (χ1n) is 5.84. The van der Waals surface area contributed by atoms with Crippen LogP contribution in [0.5, 0.6) is 0 Å². The minimum atomic E-state index is -0.524. The topological polar surface area (TPSA) is 36.9 Å². The molecule has 3 aliphatic heterocycles. The first-order chi connectivity index (χ1) is 7.12. The zero-order chi connectivity index (χ0) is 10.5. The fourth-order valence-corrected chi connectivity index (χ4v) is 2.82. The molecule has 15 heavy (non-hydrogen) atoms. The maximum atomic E-state index is 5.80. The highest BCUT2D eigenvalue weighted by atomic mass is 17.3. The lowest BCUT2D eigenvalue weighted by Gasteiger charge is -2.21. The predicted molar refractivity (Wildman–Crippen MR) is 51.8 cm³/mol. The Morgan fingerprint density at radius 2 is 1.33 bits per heavy atom. The van der Waals surface area contributed by atoms with Crippen molar-refractivity contribution in [3.63, 3.8) is 0 Å². The van der Waals surface area contributed by atoms with Crippen LogP contribution >= 0.6 is 0 Å². The van der Waals surface area contributed by atoms with Gasteiger partial charge < -0.3 is 9.47 Å². The molecule has 4 nitrogen and oxygen atoms in total. The van der Waals surface area contributed by atoms with Gasteiger partial charge in [0.25, 0.3) is 0 Å². The van der Waals surface area contributed by atoms with Gasteiger partial charge in [0.05, 0.1) is 18.6 Å². The van der Waals surface area contributed by atoms with E-state index in [-0.39, 0.29) is 12.2 Å². The normalized spacial score (nSPS) is 54.8. The molecule has 2 spiro atoms. The molecule has 0 aromatic heterocycles. The maximum absolute atomic E-state index is 5.80. The molecule has 0 unspecified atom stereocenters. The average Bonchev–Trinajstić information content (AvgIpc) is 2.81. The maximum Gasteiger partial charge on any atom is 0.207 e. The summed E-state index contributed by atoms with van der Waals surface area (Å²) in [5, 5.41) is 0. The Balaban J connectivity index is 1.73. The van der Waals surface area contributed by atoms with Crippen molar-refractivity contribution in [3.8, 4) is 0 Å². The van der Waals surface area contributed by atoms with Crippen LogP contribution in [0.4, 0.5) is 0 Å². The first kappa shape index (κ1) is 10.0. The summed E-state index contributed by atoms with van der Waals surface area (Å²) in [6, 6.07) is 0. The number of rotatable bonds is 0. The molecule has 4 atom stereocenters. The van der Waals surface area contributed by atoms with Crippen molar-refractivity contribution in [2.45, 2.75) is 69.7 Å². The van der Waals surface area contributed by atoms with Gasteiger partial charge in [-0.1, -0.05) is 0 Å². The fraction of sp³-hybridized carbons (Fsp3) is 1.00. The second-order valence-corrected chi connectivity index (χ2v) is 5.10. The van der Waals surface area contributed by atoms with Crippen molar-refractivity contribution < 1.29 is 19.2 Å². The van der Waals surface area contributed by atoms with Crippen LogP contribution in [0.15, 0.2) is 0 Å². The monoisotopic (exact) mass is 214 g/mol. The van der Waals surface area contributed by atoms with Gasteiger partial charge in [-0.05, 0) is 26.7 Å². The molecule has 4 heteroatoms. The van der Waals surface area contributed by atoms with Crippen molar-refractivity contribution in [2.75, 3.05) is 0 Å². The molecular formula is C11H18O4. The molecular weight excluding hydrogens is 196 g/mol. The average molecular weight is 214 g/mol. The second-order valence-electron chi connectivity index (χ2n) is 5.10. The Bertz CT molecular complexity index is 243. The van der Waals surface area contributed by atoms with Crippen molar-refractivity contribution in [3.05, 3.63) is 0 Å². The van der Waals surface area contributed by atoms with Crippen LogP contribution in [0.1, 0.15) is 46.0 Å². The van der Waals surface area contributed by atoms with Crippen LogP contribution in [0.2, 0.25) is 0 Å². The summed E-state index contributed by atoms with van der Waals surface area (Å²) in [5.74, 6) is -1.05. The summed E-state index contributed by atoms with van der Waals surface area (Å²) >= 11 is 0. The minimum Gasteiger partial charge on any atom is -0.344 e. The van der Waals surface area contributed by atoms with Gasteiger partial charge in [0.2, 0.25) is 11.6 Å². The summed E-state index contributed by atoms with van der Waals surface area (Å²) in [4.78, 5) is 10.8. The molecule has 0 bridgehead atoms. The van der Waals surface area contributed by atoms with Crippen molar-refractivity contribution >= 4 is 0 Å². The Morgan fingerprint density at radius 1 is 0.867 bits per heavy atom. The fourth-order valence-electron chi connectivity index (χ4n) is 2.82. The Labute approximate surface area is 89.8 Å². The quantitative estimate of drug-likeness (QED) is 0.579. The van der Waals surface area contributed by atoms with Gasteiger partial charge in [0, 0.05) is 12.8 Å². The molecule has 0 amide bonds. The third-order valence-electron chi connectivity index (χ3n) is 3.58. The van der Waals surface area contributed by atoms with Crippen LogP contribution in [0, 0.1) is 0 Å². The van der Waals surface area contributed by atoms with E-state index < -0.39 is 11.6 Å². The molecule has 3 rings (SSSR count). The van der Waals surface area contributed by atoms with Gasteiger partial charge in [-0.25, -0.2) is 0 Å². The lowest BCUT2D eigenvalue weighted by molar-refractivity contribution is -0.426. The molecule has 3 heterocycles. The van der Waals surface area contributed by atoms with Crippen LogP contribution in [0.25, 0.3) is 0 Å². The molecule has 0 radical (unpaired) electrons. The van der Waals surface area contributed by atoms with E-state index in [9.17, 15) is 0 Å². The molecule has 3 fully saturated rings. The Morgan fingerprint density at radius 3 is 1.67 bits per heavy atom. The molecule has 86 valence electrons. The minimum absolute atomic E-state index is 0.266. The Hall–Kier alpha value is -0.160. The zero-order valence-electron chi connectivity index (χ0n) is 9.32. The van der Waals surface area contributed by atoms with E-state index >= 15 is 0 Å². The molecule has 3 aliphatic rings. The van der Waals surface area contributed by atoms with E-state index in [2.05, 4.69) is 13.8 Å². The summed E-state index contributed by atoms with van der Waals surface area (Å²) in [5.41, 5.74) is 0. The largest absolute Gasteiger partial charge is 0.344 e. The standard InChI is InChI=1S/C11H18O4/c1-8-3-5-10(12-8)7-11(15-14-10)6-4-9(2)13-11/h8-9H,3-7H2,1-2H3/t8-,9-,10-,11+/m0/s1. The molecule has 0 aromatic carbocycles. The van der Waals surface area contributed by atoms with E-state index in [4.69, 9.17) is 19.2 Å². The smallest absolute Gasteiger partial charge is 0.207 e. The van der Waals surface area contributed by atoms with Crippen LogP contribution in [-0.4, -0.2) is 23.8 Å². The number of hydrogen-bond donors (Lipinski definition) is 0. The van der Waals surface area contributed by atoms with Gasteiger partial charge >= 0.3 is 0 Å². The third-order valence-corrected chi connectivity index (χ3v) is 3.58. The highest BCUT2D eigenvalue weighted by Crippen LogP contribution is 2.50. The van der Waals surface area contributed by atoms with Gasteiger partial charge in [0.15, 0.2) is 0 Å². The lowest BCUT2D eigenvalue weighted by Crippen LogP contribution is -2.32. The summed E-state index contributed by atoms with van der Waals surface area (Å²) in [6.45, 7) is 4.14. The van der Waals surface area contributed by atoms with Crippen LogP contribution < -0.4 is 0 Å². The molecule has 0 aromatic rings. The second kappa shape index (κ2) is 3.17. The zero-order valence-corrected chi connectivity index (χ0v) is 9.32. The van der Waals surface area contributed by atoms with E-state index in [0.717, 1.165) is 25.7 Å².